The Morgan fingerprint density at radius 2 is 1.93 bits per heavy atom. The Hall–Kier alpha value is -2.69. The van der Waals surface area contributed by atoms with E-state index in [1.165, 1.54) is 0 Å². The van der Waals surface area contributed by atoms with Gasteiger partial charge in [0.2, 0.25) is 11.9 Å². The summed E-state index contributed by atoms with van der Waals surface area (Å²) in [5.41, 5.74) is 4.21. The quantitative estimate of drug-likeness (QED) is 0.825. The van der Waals surface area contributed by atoms with Crippen molar-refractivity contribution >= 4 is 17.7 Å². The van der Waals surface area contributed by atoms with E-state index in [1.807, 2.05) is 16.7 Å². The third kappa shape index (κ3) is 3.91. The van der Waals surface area contributed by atoms with Gasteiger partial charge in [0.25, 0.3) is 0 Å². The van der Waals surface area contributed by atoms with Gasteiger partial charge < -0.3 is 20.3 Å². The second kappa shape index (κ2) is 7.29. The highest BCUT2D eigenvalue weighted by Gasteiger charge is 2.37. The van der Waals surface area contributed by atoms with E-state index in [0.717, 1.165) is 19.3 Å². The Morgan fingerprint density at radius 1 is 1.17 bits per heavy atom. The number of morpholine rings is 1. The molecular weight excluding hydrogens is 387 g/mol. The van der Waals surface area contributed by atoms with Crippen molar-refractivity contribution < 1.29 is 17.9 Å². The molecule has 2 aliphatic rings. The van der Waals surface area contributed by atoms with Crippen molar-refractivity contribution in [1.82, 2.24) is 19.9 Å². The van der Waals surface area contributed by atoms with Crippen LogP contribution in [0.3, 0.4) is 0 Å². The number of hydrogen-bond acceptors (Lipinski definition) is 8. The van der Waals surface area contributed by atoms with Crippen LogP contribution in [0.5, 0.6) is 0 Å². The molecule has 4 rings (SSSR count). The van der Waals surface area contributed by atoms with Gasteiger partial charge in [0.1, 0.15) is 5.82 Å². The van der Waals surface area contributed by atoms with Crippen LogP contribution in [0, 0.1) is 5.92 Å². The second-order valence-electron chi connectivity index (χ2n) is 7.53. The van der Waals surface area contributed by atoms with E-state index < -0.39 is 17.8 Å². The molecule has 8 nitrogen and oxygen atoms in total. The first-order valence-electron chi connectivity index (χ1n) is 9.41. The first-order valence-corrected chi connectivity index (χ1v) is 9.41. The van der Waals surface area contributed by atoms with Gasteiger partial charge in [-0.25, -0.2) is 15.0 Å². The zero-order valence-corrected chi connectivity index (χ0v) is 16.1. The molecule has 29 heavy (non-hydrogen) atoms. The maximum absolute atomic E-state index is 13.6. The summed E-state index contributed by atoms with van der Waals surface area (Å²) < 4.78 is 46.2. The molecular formula is C18H22F3N7O. The van der Waals surface area contributed by atoms with Gasteiger partial charge in [0.05, 0.1) is 24.9 Å². The highest BCUT2D eigenvalue weighted by molar-refractivity contribution is 5.68. The van der Waals surface area contributed by atoms with E-state index in [-0.39, 0.29) is 17.3 Å². The number of halogens is 3. The molecule has 4 heterocycles. The molecule has 0 radical (unpaired) electrons. The van der Waals surface area contributed by atoms with E-state index in [1.54, 1.807) is 6.07 Å². The molecule has 2 saturated heterocycles. The summed E-state index contributed by atoms with van der Waals surface area (Å²) in [6, 6.07) is 1.57. The number of rotatable bonds is 3. The maximum Gasteiger partial charge on any atom is 0.434 e. The van der Waals surface area contributed by atoms with Gasteiger partial charge in [0.15, 0.2) is 5.69 Å². The molecule has 156 valence electrons. The third-order valence-electron chi connectivity index (χ3n) is 5.07. The topological polar surface area (TPSA) is 93.3 Å². The van der Waals surface area contributed by atoms with E-state index >= 15 is 0 Å². The van der Waals surface area contributed by atoms with Crippen LogP contribution in [-0.2, 0) is 10.9 Å². The normalized spacial score (nSPS) is 20.7. The van der Waals surface area contributed by atoms with Crippen LogP contribution < -0.4 is 15.5 Å². The number of hydrogen-bond donors (Lipinski definition) is 1. The largest absolute Gasteiger partial charge is 0.434 e. The van der Waals surface area contributed by atoms with E-state index in [4.69, 9.17) is 10.5 Å². The molecule has 2 aromatic rings. The van der Waals surface area contributed by atoms with E-state index in [9.17, 15) is 13.2 Å². The van der Waals surface area contributed by atoms with Crippen LogP contribution in [0.25, 0.3) is 11.3 Å². The lowest BCUT2D eigenvalue weighted by atomic mass is 10.0. The Kier molecular flexibility index (Phi) is 4.93. The lowest BCUT2D eigenvalue weighted by Crippen LogP contribution is -2.47. The molecule has 2 aliphatic heterocycles. The van der Waals surface area contributed by atoms with Gasteiger partial charge in [-0.3, -0.25) is 0 Å². The molecule has 0 bridgehead atoms. The monoisotopic (exact) mass is 409 g/mol. The van der Waals surface area contributed by atoms with Crippen LogP contribution >= 0.6 is 0 Å². The first-order chi connectivity index (χ1) is 13.7. The smallest absolute Gasteiger partial charge is 0.377 e. The van der Waals surface area contributed by atoms with Crippen molar-refractivity contribution in [3.63, 3.8) is 0 Å². The summed E-state index contributed by atoms with van der Waals surface area (Å²) in [5.74, 6) is 1.03. The minimum Gasteiger partial charge on any atom is -0.377 e. The summed E-state index contributed by atoms with van der Waals surface area (Å²) in [4.78, 5) is 20.3. The zero-order valence-electron chi connectivity index (χ0n) is 16.1. The van der Waals surface area contributed by atoms with Gasteiger partial charge in [-0.05, 0) is 12.8 Å². The molecule has 0 aromatic carbocycles. The standard InChI is InChI=1S/C18H22F3N7O/c1-10-7-27(8-10)14-5-13(12-6-23-16(22)26-15(12)18(19,20)21)24-17(25-14)28-3-4-29-9-11(28)2/h5-6,10-11H,3-4,7-9H2,1-2H3,(H2,22,23,26)/t11-/m1/s1. The van der Waals surface area contributed by atoms with Crippen LogP contribution in [0.1, 0.15) is 19.5 Å². The minimum absolute atomic E-state index is 0.00641. The highest BCUT2D eigenvalue weighted by atomic mass is 19.4. The first kappa shape index (κ1) is 19.6. The molecule has 2 N–H and O–H groups in total. The third-order valence-corrected chi connectivity index (χ3v) is 5.07. The summed E-state index contributed by atoms with van der Waals surface area (Å²) in [6.07, 6.45) is -3.61. The molecule has 11 heteroatoms. The molecule has 1 atom stereocenters. The summed E-state index contributed by atoms with van der Waals surface area (Å²) in [6.45, 7) is 7.23. The number of ether oxygens (including phenoxy) is 1. The van der Waals surface area contributed by atoms with Crippen molar-refractivity contribution in [2.24, 2.45) is 5.92 Å². The summed E-state index contributed by atoms with van der Waals surface area (Å²) >= 11 is 0. The Morgan fingerprint density at radius 3 is 2.59 bits per heavy atom. The van der Waals surface area contributed by atoms with Gasteiger partial charge in [-0.2, -0.15) is 18.2 Å². The summed E-state index contributed by atoms with van der Waals surface area (Å²) in [5, 5.41) is 0. The number of nitrogen functional groups attached to an aromatic ring is 1. The molecule has 2 fully saturated rings. The van der Waals surface area contributed by atoms with Crippen molar-refractivity contribution in [2.75, 3.05) is 48.4 Å². The fraction of sp³-hybridized carbons (Fsp3) is 0.556. The average molecular weight is 409 g/mol. The van der Waals surface area contributed by atoms with Crippen LogP contribution in [-0.4, -0.2) is 58.8 Å². The highest BCUT2D eigenvalue weighted by Crippen LogP contribution is 2.37. The predicted molar refractivity (Wildman–Crippen MR) is 101 cm³/mol. The fourth-order valence-electron chi connectivity index (χ4n) is 3.56. The molecule has 0 spiro atoms. The van der Waals surface area contributed by atoms with Gasteiger partial charge in [-0.15, -0.1) is 0 Å². The molecule has 2 aromatic heterocycles. The molecule has 0 saturated carbocycles. The van der Waals surface area contributed by atoms with Crippen molar-refractivity contribution in [1.29, 1.82) is 0 Å². The Labute approximate surface area is 165 Å². The van der Waals surface area contributed by atoms with Gasteiger partial charge >= 0.3 is 6.18 Å². The number of nitrogens with zero attached hydrogens (tertiary/aromatic N) is 6. The van der Waals surface area contributed by atoms with E-state index in [2.05, 4.69) is 26.9 Å². The molecule has 0 amide bonds. The second-order valence-corrected chi connectivity index (χ2v) is 7.53. The van der Waals surface area contributed by atoms with Crippen LogP contribution in [0.4, 0.5) is 30.9 Å². The lowest BCUT2D eigenvalue weighted by molar-refractivity contribution is -0.140. The van der Waals surface area contributed by atoms with E-state index in [0.29, 0.717) is 37.4 Å². The minimum atomic E-state index is -4.69. The predicted octanol–water partition coefficient (Wildman–Crippen LogP) is 2.22. The Balaban J connectivity index is 1.83. The SMILES string of the molecule is CC1CN(c2cc(-c3cnc(N)nc3C(F)(F)F)nc(N3CCOC[C@H]3C)n2)C1. The molecule has 0 aliphatic carbocycles. The number of alkyl halides is 3. The zero-order chi connectivity index (χ0) is 20.8. The van der Waals surface area contributed by atoms with Crippen molar-refractivity contribution in [3.05, 3.63) is 18.0 Å². The van der Waals surface area contributed by atoms with Gasteiger partial charge in [-0.1, -0.05) is 6.92 Å². The summed E-state index contributed by atoms with van der Waals surface area (Å²) in [7, 11) is 0. The molecule has 0 unspecified atom stereocenters. The fourth-order valence-corrected chi connectivity index (χ4v) is 3.56. The lowest BCUT2D eigenvalue weighted by Gasteiger charge is -2.39. The number of anilines is 3. The average Bonchev–Trinajstić information content (AvgIpc) is 2.65. The maximum atomic E-state index is 13.6. The van der Waals surface area contributed by atoms with Crippen molar-refractivity contribution in [2.45, 2.75) is 26.1 Å². The van der Waals surface area contributed by atoms with Crippen LogP contribution in [0.2, 0.25) is 0 Å². The van der Waals surface area contributed by atoms with Crippen LogP contribution in [0.15, 0.2) is 12.3 Å². The number of aromatic nitrogens is 4. The van der Waals surface area contributed by atoms with Crippen molar-refractivity contribution in [3.8, 4) is 11.3 Å². The van der Waals surface area contributed by atoms with Gasteiger partial charge in [0, 0.05) is 37.5 Å². The Bertz CT molecular complexity index is 902. The number of nitrogens with two attached hydrogens (primary N) is 1.